The maximum Gasteiger partial charge on any atom is 0.356 e. The van der Waals surface area contributed by atoms with E-state index in [1.54, 1.807) is 12.1 Å². The Hall–Kier alpha value is -2.45. The summed E-state index contributed by atoms with van der Waals surface area (Å²) in [5.41, 5.74) is 1.00. The van der Waals surface area contributed by atoms with Crippen LogP contribution in [0.25, 0.3) is 11.2 Å². The number of fused-ring (bicyclic) bond motifs is 1. The van der Waals surface area contributed by atoms with Gasteiger partial charge in [-0.05, 0) is 25.1 Å². The van der Waals surface area contributed by atoms with E-state index in [0.29, 0.717) is 0 Å². The third-order valence-corrected chi connectivity index (χ3v) is 4.83. The molecule has 0 radical (unpaired) electrons. The number of carbonyl (C=O) groups is 1. The summed E-state index contributed by atoms with van der Waals surface area (Å²) in [6.45, 7) is 1.86. The van der Waals surface area contributed by atoms with Crippen LogP contribution in [-0.4, -0.2) is 33.4 Å². The first-order valence-corrected chi connectivity index (χ1v) is 7.73. The molecule has 7 nitrogen and oxygen atoms in total. The van der Waals surface area contributed by atoms with Gasteiger partial charge in [-0.2, -0.15) is 0 Å². The predicted octanol–water partition coefficient (Wildman–Crippen LogP) is 2.10. The maximum atomic E-state index is 12.6. The highest BCUT2D eigenvalue weighted by Gasteiger charge is 2.20. The average Bonchev–Trinajstić information content (AvgIpc) is 2.91. The van der Waals surface area contributed by atoms with Crippen molar-refractivity contribution >= 4 is 39.6 Å². The van der Waals surface area contributed by atoms with Crippen LogP contribution in [0.2, 0.25) is 0 Å². The van der Waals surface area contributed by atoms with Gasteiger partial charge in [0.15, 0.2) is 11.3 Å². The fraction of sp³-hybridized carbons (Fsp3) is 0.0714. The SMILES string of the molecule is Cc1ccc(S(=O)(=O)n2ccc3nc(C(=O)O)cnc32)cc1.Cl. The molecule has 0 aliphatic heterocycles. The minimum atomic E-state index is -3.81. The summed E-state index contributed by atoms with van der Waals surface area (Å²) in [7, 11) is -3.81. The van der Waals surface area contributed by atoms with Gasteiger partial charge in [0.2, 0.25) is 0 Å². The van der Waals surface area contributed by atoms with Gasteiger partial charge in [-0.15, -0.1) is 12.4 Å². The number of nitrogens with zero attached hydrogens (tertiary/aromatic N) is 3. The van der Waals surface area contributed by atoms with Gasteiger partial charge in [0.25, 0.3) is 10.0 Å². The van der Waals surface area contributed by atoms with E-state index in [2.05, 4.69) is 9.97 Å². The zero-order chi connectivity index (χ0) is 15.9. The fourth-order valence-electron chi connectivity index (χ4n) is 2.01. The average molecular weight is 354 g/mol. The van der Waals surface area contributed by atoms with Crippen molar-refractivity contribution in [1.29, 1.82) is 0 Å². The Labute approximate surface area is 138 Å². The Morgan fingerprint density at radius 3 is 2.43 bits per heavy atom. The number of aromatic carboxylic acids is 1. The zero-order valence-electron chi connectivity index (χ0n) is 11.9. The van der Waals surface area contributed by atoms with Gasteiger partial charge in [0.1, 0.15) is 5.52 Å². The topological polar surface area (TPSA) is 102 Å². The second-order valence-electron chi connectivity index (χ2n) is 4.70. The molecule has 0 aliphatic rings. The smallest absolute Gasteiger partial charge is 0.356 e. The van der Waals surface area contributed by atoms with Crippen LogP contribution in [0.3, 0.4) is 0 Å². The van der Waals surface area contributed by atoms with Crippen LogP contribution >= 0.6 is 12.4 Å². The van der Waals surface area contributed by atoms with Crippen molar-refractivity contribution in [2.75, 3.05) is 0 Å². The second kappa shape index (κ2) is 5.98. The van der Waals surface area contributed by atoms with Crippen LogP contribution in [-0.2, 0) is 10.0 Å². The predicted molar refractivity (Wildman–Crippen MR) is 85.5 cm³/mol. The molecule has 0 bridgehead atoms. The summed E-state index contributed by atoms with van der Waals surface area (Å²) in [6.07, 6.45) is 2.34. The third kappa shape index (κ3) is 2.90. The van der Waals surface area contributed by atoms with Crippen molar-refractivity contribution in [2.45, 2.75) is 11.8 Å². The van der Waals surface area contributed by atoms with E-state index in [9.17, 15) is 13.2 Å². The molecule has 0 atom stereocenters. The van der Waals surface area contributed by atoms with Crippen molar-refractivity contribution < 1.29 is 18.3 Å². The zero-order valence-corrected chi connectivity index (χ0v) is 13.5. The number of rotatable bonds is 3. The number of benzene rings is 1. The number of halogens is 1. The number of carboxylic acids is 1. The summed E-state index contributed by atoms with van der Waals surface area (Å²) in [6, 6.07) is 7.84. The van der Waals surface area contributed by atoms with Gasteiger partial charge < -0.3 is 5.11 Å². The van der Waals surface area contributed by atoms with E-state index in [1.165, 1.54) is 24.4 Å². The molecule has 0 saturated carbocycles. The Morgan fingerprint density at radius 1 is 1.17 bits per heavy atom. The first kappa shape index (κ1) is 16.9. The molecule has 2 aromatic heterocycles. The molecule has 0 fully saturated rings. The number of hydrogen-bond donors (Lipinski definition) is 1. The van der Waals surface area contributed by atoms with E-state index in [-0.39, 0.29) is 34.2 Å². The fourth-order valence-corrected chi connectivity index (χ4v) is 3.30. The van der Waals surface area contributed by atoms with Gasteiger partial charge >= 0.3 is 5.97 Å². The first-order chi connectivity index (χ1) is 10.4. The Kier molecular flexibility index (Phi) is 4.39. The number of hydrogen-bond acceptors (Lipinski definition) is 5. The summed E-state index contributed by atoms with van der Waals surface area (Å²) < 4.78 is 26.2. The minimum absolute atomic E-state index is 0. The summed E-state index contributed by atoms with van der Waals surface area (Å²) in [5, 5.41) is 8.89. The standard InChI is InChI=1S/C14H11N3O4S.ClH/c1-9-2-4-10(5-3-9)22(20,21)17-7-6-11-13(17)15-8-12(16-11)14(18)19;/h2-8H,1H3,(H,18,19);1H. The monoisotopic (exact) mass is 353 g/mol. The van der Waals surface area contributed by atoms with Gasteiger partial charge in [-0.3, -0.25) is 0 Å². The molecule has 0 unspecified atom stereocenters. The lowest BCUT2D eigenvalue weighted by atomic mass is 10.2. The molecular formula is C14H12ClN3O4S. The van der Waals surface area contributed by atoms with Crippen LogP contribution < -0.4 is 0 Å². The largest absolute Gasteiger partial charge is 0.476 e. The number of aromatic nitrogens is 3. The molecular weight excluding hydrogens is 342 g/mol. The van der Waals surface area contributed by atoms with Crippen molar-refractivity contribution in [1.82, 2.24) is 13.9 Å². The van der Waals surface area contributed by atoms with Crippen molar-refractivity contribution in [3.05, 3.63) is 54.0 Å². The van der Waals surface area contributed by atoms with E-state index < -0.39 is 16.0 Å². The van der Waals surface area contributed by atoms with Gasteiger partial charge in [0.05, 0.1) is 11.1 Å². The molecule has 0 aliphatic carbocycles. The molecule has 1 aromatic carbocycles. The Balaban J connectivity index is 0.00000192. The number of aryl methyl sites for hydroxylation is 1. The summed E-state index contributed by atoms with van der Waals surface area (Å²) in [4.78, 5) is 18.8. The Morgan fingerprint density at radius 2 is 1.83 bits per heavy atom. The van der Waals surface area contributed by atoms with Crippen LogP contribution in [0.15, 0.2) is 47.6 Å². The van der Waals surface area contributed by atoms with Crippen molar-refractivity contribution in [2.24, 2.45) is 0 Å². The highest BCUT2D eigenvalue weighted by molar-refractivity contribution is 7.90. The quantitative estimate of drug-likeness (QED) is 0.773. The van der Waals surface area contributed by atoms with Crippen molar-refractivity contribution in [3.63, 3.8) is 0 Å². The summed E-state index contributed by atoms with van der Waals surface area (Å²) >= 11 is 0. The molecule has 3 rings (SSSR count). The first-order valence-electron chi connectivity index (χ1n) is 6.29. The summed E-state index contributed by atoms with van der Waals surface area (Å²) in [5.74, 6) is -1.22. The lowest BCUT2D eigenvalue weighted by molar-refractivity contribution is 0.0690. The molecule has 3 aromatic rings. The van der Waals surface area contributed by atoms with Crippen molar-refractivity contribution in [3.8, 4) is 0 Å². The van der Waals surface area contributed by atoms with Crippen LogP contribution in [0.5, 0.6) is 0 Å². The lowest BCUT2D eigenvalue weighted by Gasteiger charge is -2.07. The molecule has 0 spiro atoms. The molecule has 1 N–H and O–H groups in total. The highest BCUT2D eigenvalue weighted by Crippen LogP contribution is 2.20. The molecule has 9 heteroatoms. The molecule has 23 heavy (non-hydrogen) atoms. The highest BCUT2D eigenvalue weighted by atomic mass is 35.5. The molecule has 2 heterocycles. The normalized spacial score (nSPS) is 11.2. The van der Waals surface area contributed by atoms with E-state index in [0.717, 1.165) is 15.7 Å². The van der Waals surface area contributed by atoms with E-state index >= 15 is 0 Å². The lowest BCUT2D eigenvalue weighted by Crippen LogP contribution is -2.13. The number of carboxylic acid groups (broad SMARTS) is 1. The second-order valence-corrected chi connectivity index (χ2v) is 6.51. The maximum absolute atomic E-state index is 12.6. The molecule has 0 amide bonds. The van der Waals surface area contributed by atoms with Crippen LogP contribution in [0.1, 0.15) is 16.1 Å². The molecule has 120 valence electrons. The van der Waals surface area contributed by atoms with Crippen LogP contribution in [0.4, 0.5) is 0 Å². The van der Waals surface area contributed by atoms with Gasteiger partial charge in [-0.25, -0.2) is 27.2 Å². The minimum Gasteiger partial charge on any atom is -0.476 e. The van der Waals surface area contributed by atoms with Crippen LogP contribution in [0, 0.1) is 6.92 Å². The van der Waals surface area contributed by atoms with Gasteiger partial charge in [-0.1, -0.05) is 17.7 Å². The van der Waals surface area contributed by atoms with Gasteiger partial charge in [0, 0.05) is 6.20 Å². The Bertz CT molecular complexity index is 981. The van der Waals surface area contributed by atoms with E-state index in [4.69, 9.17) is 5.11 Å². The van der Waals surface area contributed by atoms with E-state index in [1.807, 2.05) is 6.92 Å². The third-order valence-electron chi connectivity index (χ3n) is 3.15. The molecule has 0 saturated heterocycles.